The molecule has 43 heavy (non-hydrogen) atoms. The molecule has 2 aliphatic rings. The molecule has 0 bridgehead atoms. The molecule has 4 rings (SSSR count). The minimum Gasteiger partial charge on any atom is -0.328 e. The van der Waals surface area contributed by atoms with Crippen LogP contribution in [-0.2, 0) is 0 Å². The van der Waals surface area contributed by atoms with Crippen molar-refractivity contribution in [2.75, 3.05) is 67.5 Å². The summed E-state index contributed by atoms with van der Waals surface area (Å²) in [6.07, 6.45) is 10.3. The van der Waals surface area contributed by atoms with Crippen LogP contribution in [0.1, 0.15) is 99.2 Å². The van der Waals surface area contributed by atoms with Crippen molar-refractivity contribution in [3.63, 3.8) is 0 Å². The Morgan fingerprint density at radius 1 is 0.419 bits per heavy atom. The second kappa shape index (κ2) is 14.4. The molecule has 0 unspecified atom stereocenters. The van der Waals surface area contributed by atoms with Gasteiger partial charge in [0.1, 0.15) is 0 Å². The lowest BCUT2D eigenvalue weighted by Crippen LogP contribution is -2.43. The van der Waals surface area contributed by atoms with Gasteiger partial charge < -0.3 is 8.97 Å². The molecule has 0 saturated heterocycles. The van der Waals surface area contributed by atoms with Crippen molar-refractivity contribution in [1.82, 2.24) is 9.80 Å². The summed E-state index contributed by atoms with van der Waals surface area (Å²) in [4.78, 5) is 53.1. The molecule has 2 aromatic carbocycles. The average molecular weight is 591 g/mol. The fraction of sp³-hybridized carbons (Fsp3) is 0.543. The topological polar surface area (TPSA) is 74.8 Å². The fourth-order valence-corrected chi connectivity index (χ4v) is 6.39. The van der Waals surface area contributed by atoms with Crippen LogP contribution >= 0.6 is 0 Å². The van der Waals surface area contributed by atoms with Crippen molar-refractivity contribution in [2.24, 2.45) is 0 Å². The molecule has 232 valence electrons. The largest absolute Gasteiger partial charge is 0.328 e. The van der Waals surface area contributed by atoms with E-state index >= 15 is 0 Å². The number of quaternary nitrogens is 2. The quantitative estimate of drug-likeness (QED) is 0.135. The lowest BCUT2D eigenvalue weighted by Gasteiger charge is -2.30. The predicted molar refractivity (Wildman–Crippen MR) is 169 cm³/mol. The van der Waals surface area contributed by atoms with Crippen LogP contribution in [0.5, 0.6) is 0 Å². The smallest absolute Gasteiger partial charge is 0.261 e. The minimum absolute atomic E-state index is 0.159. The molecule has 2 aromatic rings. The zero-order valence-corrected chi connectivity index (χ0v) is 26.6. The van der Waals surface area contributed by atoms with Gasteiger partial charge in [-0.25, -0.2) is 0 Å². The van der Waals surface area contributed by atoms with Crippen LogP contribution in [0, 0.1) is 0 Å². The highest BCUT2D eigenvalue weighted by molar-refractivity contribution is 6.22. The Bertz CT molecular complexity index is 1150. The van der Waals surface area contributed by atoms with E-state index in [9.17, 15) is 19.2 Å². The molecule has 0 atom stereocenters. The standard InChI is InChI=1S/C35H50N4O4/c1-38(2,26-16-22-36-32(40)28-18-10-11-19-29(28)33(36)41)24-14-8-6-5-7-9-15-25-39(3,4)27-17-23-37-34(42)30-20-12-13-21-31(30)35(37)43/h10-13,18-21H,5-9,14-17,22-27H2,1-4H3/q+2. The number of nitrogens with zero attached hydrogens (tertiary/aromatic N) is 4. The molecule has 0 fully saturated rings. The molecule has 0 radical (unpaired) electrons. The van der Waals surface area contributed by atoms with Gasteiger partial charge in [-0.05, 0) is 49.9 Å². The first-order chi connectivity index (χ1) is 20.5. The van der Waals surface area contributed by atoms with Crippen LogP contribution < -0.4 is 0 Å². The van der Waals surface area contributed by atoms with E-state index < -0.39 is 0 Å². The van der Waals surface area contributed by atoms with E-state index in [0.717, 1.165) is 48.0 Å². The maximum Gasteiger partial charge on any atom is 0.261 e. The van der Waals surface area contributed by atoms with Gasteiger partial charge in [0.05, 0.1) is 76.6 Å². The molecule has 0 N–H and O–H groups in total. The summed E-state index contributed by atoms with van der Waals surface area (Å²) in [5.74, 6) is -0.637. The third kappa shape index (κ3) is 8.39. The Kier molecular flexibility index (Phi) is 10.9. The second-order valence-electron chi connectivity index (χ2n) is 13.6. The third-order valence-corrected chi connectivity index (χ3v) is 9.07. The maximum atomic E-state index is 12.6. The number of hydrogen-bond acceptors (Lipinski definition) is 4. The van der Waals surface area contributed by atoms with Crippen molar-refractivity contribution in [3.8, 4) is 0 Å². The summed E-state index contributed by atoms with van der Waals surface area (Å²) in [7, 11) is 8.95. The first kappa shape index (κ1) is 32.6. The number of amides is 4. The van der Waals surface area contributed by atoms with E-state index in [0.29, 0.717) is 35.3 Å². The molecule has 2 heterocycles. The number of benzene rings is 2. The zero-order valence-electron chi connectivity index (χ0n) is 26.6. The first-order valence-corrected chi connectivity index (χ1v) is 16.1. The van der Waals surface area contributed by atoms with Gasteiger partial charge in [-0.1, -0.05) is 43.5 Å². The minimum atomic E-state index is -0.159. The zero-order chi connectivity index (χ0) is 31.0. The highest BCUT2D eigenvalue weighted by atomic mass is 16.2. The van der Waals surface area contributed by atoms with E-state index in [-0.39, 0.29) is 23.6 Å². The summed E-state index contributed by atoms with van der Waals surface area (Å²) in [5, 5.41) is 0. The van der Waals surface area contributed by atoms with Gasteiger partial charge >= 0.3 is 0 Å². The molecule has 0 saturated carbocycles. The van der Waals surface area contributed by atoms with Gasteiger partial charge in [-0.3, -0.25) is 29.0 Å². The molecule has 2 aliphatic heterocycles. The van der Waals surface area contributed by atoms with Crippen molar-refractivity contribution < 1.29 is 28.1 Å². The summed E-state index contributed by atoms with van der Waals surface area (Å²) < 4.78 is 1.81. The van der Waals surface area contributed by atoms with Crippen LogP contribution in [0.15, 0.2) is 48.5 Å². The Labute approximate surface area is 257 Å². The van der Waals surface area contributed by atoms with Gasteiger partial charge in [0.25, 0.3) is 23.6 Å². The number of imide groups is 2. The van der Waals surface area contributed by atoms with E-state index in [4.69, 9.17) is 0 Å². The summed E-state index contributed by atoms with van der Waals surface area (Å²) in [5.41, 5.74) is 2.12. The van der Waals surface area contributed by atoms with Crippen LogP contribution in [0.2, 0.25) is 0 Å². The van der Waals surface area contributed by atoms with Gasteiger partial charge in [0.2, 0.25) is 0 Å². The molecule has 0 aliphatic carbocycles. The monoisotopic (exact) mass is 590 g/mol. The van der Waals surface area contributed by atoms with Crippen molar-refractivity contribution in [3.05, 3.63) is 70.8 Å². The van der Waals surface area contributed by atoms with Crippen molar-refractivity contribution in [1.29, 1.82) is 0 Å². The second-order valence-corrected chi connectivity index (χ2v) is 13.6. The van der Waals surface area contributed by atoms with E-state index in [1.807, 2.05) is 24.3 Å². The normalized spacial score (nSPS) is 15.1. The van der Waals surface area contributed by atoms with E-state index in [1.165, 1.54) is 54.7 Å². The molecule has 4 amide bonds. The van der Waals surface area contributed by atoms with Gasteiger partial charge in [-0.15, -0.1) is 0 Å². The summed E-state index contributed by atoms with van der Waals surface area (Å²) in [6.45, 7) is 5.06. The van der Waals surface area contributed by atoms with Crippen LogP contribution in [0.4, 0.5) is 0 Å². The predicted octanol–water partition coefficient (Wildman–Crippen LogP) is 5.24. The Morgan fingerprint density at radius 2 is 0.674 bits per heavy atom. The Balaban J connectivity index is 1.00. The number of unbranched alkanes of at least 4 members (excludes halogenated alkanes) is 6. The Hall–Kier alpha value is -3.36. The molecule has 0 aromatic heterocycles. The third-order valence-electron chi connectivity index (χ3n) is 9.07. The Morgan fingerprint density at radius 3 is 0.977 bits per heavy atom. The lowest BCUT2D eigenvalue weighted by molar-refractivity contribution is -0.890. The van der Waals surface area contributed by atoms with Crippen LogP contribution in [0.25, 0.3) is 0 Å². The number of rotatable bonds is 18. The van der Waals surface area contributed by atoms with Crippen LogP contribution in [-0.4, -0.2) is 110 Å². The molecule has 8 nitrogen and oxygen atoms in total. The van der Waals surface area contributed by atoms with Crippen molar-refractivity contribution >= 4 is 23.6 Å². The number of carbonyl (C=O) groups excluding carboxylic acids is 4. The number of carbonyl (C=O) groups is 4. The number of hydrogen-bond donors (Lipinski definition) is 0. The molecular weight excluding hydrogens is 540 g/mol. The van der Waals surface area contributed by atoms with Gasteiger partial charge in [0.15, 0.2) is 0 Å². The van der Waals surface area contributed by atoms with Crippen molar-refractivity contribution in [2.45, 2.75) is 57.8 Å². The van der Waals surface area contributed by atoms with Crippen LogP contribution in [0.3, 0.4) is 0 Å². The van der Waals surface area contributed by atoms with Gasteiger partial charge in [-0.2, -0.15) is 0 Å². The summed E-state index contributed by atoms with van der Waals surface area (Å²) >= 11 is 0. The highest BCUT2D eigenvalue weighted by Gasteiger charge is 2.36. The molecular formula is C35H50N4O4+2. The maximum absolute atomic E-state index is 12.6. The molecule has 0 spiro atoms. The first-order valence-electron chi connectivity index (χ1n) is 16.1. The average Bonchev–Trinajstić information content (AvgIpc) is 3.36. The molecule has 8 heteroatoms. The van der Waals surface area contributed by atoms with E-state index in [1.54, 1.807) is 24.3 Å². The summed E-state index contributed by atoms with van der Waals surface area (Å²) in [6, 6.07) is 14.2. The van der Waals surface area contributed by atoms with Gasteiger partial charge in [0, 0.05) is 25.9 Å². The fourth-order valence-electron chi connectivity index (χ4n) is 6.39. The highest BCUT2D eigenvalue weighted by Crippen LogP contribution is 2.24. The van der Waals surface area contributed by atoms with E-state index in [2.05, 4.69) is 28.2 Å². The SMILES string of the molecule is C[N+](C)(CCCCCCCCC[N+](C)(C)CCCN1C(=O)c2ccccc2C1=O)CCCN1C(=O)c2ccccc2C1=O. The number of fused-ring (bicyclic) bond motifs is 2. The lowest BCUT2D eigenvalue weighted by atomic mass is 10.1.